The van der Waals surface area contributed by atoms with Crippen LogP contribution in [0.4, 0.5) is 8.78 Å². The number of benzene rings is 2. The van der Waals surface area contributed by atoms with Gasteiger partial charge in [-0.15, -0.1) is 0 Å². The minimum absolute atomic E-state index is 0.0127. The van der Waals surface area contributed by atoms with E-state index in [1.54, 1.807) is 12.1 Å². The number of halogens is 3. The number of nitrogens with zero attached hydrogens (tertiary/aromatic N) is 1. The number of amides is 2. The summed E-state index contributed by atoms with van der Waals surface area (Å²) >= 11 is 3.21. The summed E-state index contributed by atoms with van der Waals surface area (Å²) in [7, 11) is 0. The van der Waals surface area contributed by atoms with E-state index in [1.165, 1.54) is 42.7 Å². The highest BCUT2D eigenvalue weighted by atomic mass is 79.9. The number of hydrogen-bond acceptors (Lipinski definition) is 5. The summed E-state index contributed by atoms with van der Waals surface area (Å²) in [4.78, 5) is 37.3. The normalized spacial score (nSPS) is 11.3. The molecule has 0 bridgehead atoms. The molecule has 1 heterocycles. The number of aromatic nitrogens is 1. The Hall–Kier alpha value is -3.57. The van der Waals surface area contributed by atoms with Gasteiger partial charge in [-0.3, -0.25) is 19.0 Å². The SMILES string of the molecule is CC(C)(N)C(=O)NCc1cc(OCc2ccc(F)cc2F)c(Br)c(=O)n1-c1cccc(C(N)=O)c1. The quantitative estimate of drug-likeness (QED) is 0.398. The molecule has 0 radical (unpaired) electrons. The van der Waals surface area contributed by atoms with Crippen LogP contribution >= 0.6 is 15.9 Å². The maximum Gasteiger partial charge on any atom is 0.273 e. The van der Waals surface area contributed by atoms with E-state index in [4.69, 9.17) is 16.2 Å². The predicted octanol–water partition coefficient (Wildman–Crippen LogP) is 2.91. The first-order valence-corrected chi connectivity index (χ1v) is 11.2. The van der Waals surface area contributed by atoms with E-state index < -0.39 is 34.5 Å². The van der Waals surface area contributed by atoms with Gasteiger partial charge in [-0.25, -0.2) is 8.78 Å². The first-order valence-electron chi connectivity index (χ1n) is 10.4. The minimum atomic E-state index is -1.17. The van der Waals surface area contributed by atoms with Gasteiger partial charge in [-0.1, -0.05) is 6.07 Å². The molecule has 0 fully saturated rings. The highest BCUT2D eigenvalue weighted by molar-refractivity contribution is 9.10. The summed E-state index contributed by atoms with van der Waals surface area (Å²) in [6, 6.07) is 10.6. The van der Waals surface area contributed by atoms with Gasteiger partial charge in [0, 0.05) is 34.6 Å². The van der Waals surface area contributed by atoms with Gasteiger partial charge in [-0.2, -0.15) is 0 Å². The molecule has 2 amide bonds. The molecule has 11 heteroatoms. The second-order valence-electron chi connectivity index (χ2n) is 8.30. The van der Waals surface area contributed by atoms with Gasteiger partial charge in [0.15, 0.2) is 0 Å². The van der Waals surface area contributed by atoms with Crippen molar-refractivity contribution in [1.82, 2.24) is 9.88 Å². The summed E-state index contributed by atoms with van der Waals surface area (Å²) in [5.41, 5.74) is 10.3. The van der Waals surface area contributed by atoms with Gasteiger partial charge in [0.05, 0.1) is 12.1 Å². The molecule has 3 rings (SSSR count). The largest absolute Gasteiger partial charge is 0.487 e. The molecule has 35 heavy (non-hydrogen) atoms. The maximum absolute atomic E-state index is 14.0. The summed E-state index contributed by atoms with van der Waals surface area (Å²) < 4.78 is 34.2. The fourth-order valence-corrected chi connectivity index (χ4v) is 3.53. The monoisotopic (exact) mass is 548 g/mol. The number of carbonyl (C=O) groups is 2. The van der Waals surface area contributed by atoms with Crippen molar-refractivity contribution in [2.75, 3.05) is 0 Å². The van der Waals surface area contributed by atoms with Crippen LogP contribution in [0.25, 0.3) is 5.69 Å². The molecule has 0 unspecified atom stereocenters. The first kappa shape index (κ1) is 26.0. The standard InChI is InChI=1S/C24H23BrF2N4O4/c1-24(2,29)23(34)30-11-17-10-19(35-12-14-6-7-15(26)9-18(14)27)20(25)22(33)31(17)16-5-3-4-13(8-16)21(28)32/h3-10H,11-12,29H2,1-2H3,(H2,28,32)(H,30,34). The third kappa shape index (κ3) is 6.11. The topological polar surface area (TPSA) is 129 Å². The van der Waals surface area contributed by atoms with Gasteiger partial charge >= 0.3 is 0 Å². The zero-order chi connectivity index (χ0) is 25.9. The molecule has 8 nitrogen and oxygen atoms in total. The zero-order valence-electron chi connectivity index (χ0n) is 18.9. The van der Waals surface area contributed by atoms with E-state index in [-0.39, 0.29) is 40.2 Å². The average Bonchev–Trinajstić information content (AvgIpc) is 2.79. The lowest BCUT2D eigenvalue weighted by Gasteiger charge is -2.21. The predicted molar refractivity (Wildman–Crippen MR) is 129 cm³/mol. The lowest BCUT2D eigenvalue weighted by atomic mass is 10.1. The van der Waals surface area contributed by atoms with E-state index in [9.17, 15) is 23.2 Å². The van der Waals surface area contributed by atoms with Crippen LogP contribution in [0.3, 0.4) is 0 Å². The van der Waals surface area contributed by atoms with Gasteiger partial charge in [0.1, 0.15) is 28.5 Å². The third-order valence-corrected chi connectivity index (χ3v) is 5.72. The number of hydrogen-bond donors (Lipinski definition) is 3. The van der Waals surface area contributed by atoms with Gasteiger partial charge in [0.2, 0.25) is 11.8 Å². The van der Waals surface area contributed by atoms with Crippen LogP contribution in [0.2, 0.25) is 0 Å². The molecule has 0 spiro atoms. The molecule has 0 aliphatic heterocycles. The van der Waals surface area contributed by atoms with Crippen LogP contribution in [0.15, 0.2) is 57.8 Å². The summed E-state index contributed by atoms with van der Waals surface area (Å²) in [5.74, 6) is -2.61. The molecule has 184 valence electrons. The average molecular weight is 549 g/mol. The van der Waals surface area contributed by atoms with Crippen molar-refractivity contribution in [3.63, 3.8) is 0 Å². The number of nitrogens with two attached hydrogens (primary N) is 2. The fraction of sp³-hybridized carbons (Fsp3) is 0.208. The van der Waals surface area contributed by atoms with E-state index in [0.29, 0.717) is 5.69 Å². The molecule has 0 aliphatic rings. The Morgan fingerprint density at radius 1 is 1.14 bits per heavy atom. The van der Waals surface area contributed by atoms with Crippen molar-refractivity contribution in [3.05, 3.63) is 91.8 Å². The van der Waals surface area contributed by atoms with E-state index in [2.05, 4.69) is 21.2 Å². The number of nitrogens with one attached hydrogen (secondary N) is 1. The Morgan fingerprint density at radius 3 is 2.49 bits per heavy atom. The zero-order valence-corrected chi connectivity index (χ0v) is 20.5. The Morgan fingerprint density at radius 2 is 1.86 bits per heavy atom. The number of primary amides is 1. The van der Waals surface area contributed by atoms with Crippen LogP contribution in [0, 0.1) is 11.6 Å². The highest BCUT2D eigenvalue weighted by Gasteiger charge is 2.23. The third-order valence-electron chi connectivity index (χ3n) is 4.99. The van der Waals surface area contributed by atoms with Crippen molar-refractivity contribution in [1.29, 1.82) is 0 Å². The molecular weight excluding hydrogens is 526 g/mol. The lowest BCUT2D eigenvalue weighted by Crippen LogP contribution is -2.49. The van der Waals surface area contributed by atoms with Crippen molar-refractivity contribution in [2.45, 2.75) is 32.5 Å². The van der Waals surface area contributed by atoms with Crippen LogP contribution < -0.4 is 27.1 Å². The van der Waals surface area contributed by atoms with Crippen LogP contribution in [-0.2, 0) is 17.9 Å². The molecule has 2 aromatic carbocycles. The lowest BCUT2D eigenvalue weighted by molar-refractivity contribution is -0.125. The molecule has 0 saturated heterocycles. The van der Waals surface area contributed by atoms with Gasteiger partial charge in [0.25, 0.3) is 5.56 Å². The molecule has 0 aliphatic carbocycles. The highest BCUT2D eigenvalue weighted by Crippen LogP contribution is 2.26. The van der Waals surface area contributed by atoms with E-state index in [1.807, 2.05) is 0 Å². The fourth-order valence-electron chi connectivity index (χ4n) is 3.12. The molecule has 1 aromatic heterocycles. The van der Waals surface area contributed by atoms with Gasteiger partial charge < -0.3 is 21.5 Å². The van der Waals surface area contributed by atoms with Crippen molar-refractivity contribution in [2.24, 2.45) is 11.5 Å². The molecule has 0 atom stereocenters. The van der Waals surface area contributed by atoms with E-state index in [0.717, 1.165) is 12.1 Å². The van der Waals surface area contributed by atoms with Crippen molar-refractivity contribution in [3.8, 4) is 11.4 Å². The number of carbonyl (C=O) groups excluding carboxylic acids is 2. The Balaban J connectivity index is 2.06. The van der Waals surface area contributed by atoms with Crippen molar-refractivity contribution < 1.29 is 23.1 Å². The van der Waals surface area contributed by atoms with E-state index >= 15 is 0 Å². The minimum Gasteiger partial charge on any atom is -0.487 e. The number of pyridine rings is 1. The second kappa shape index (κ2) is 10.4. The summed E-state index contributed by atoms with van der Waals surface area (Å²) in [6.07, 6.45) is 0. The van der Waals surface area contributed by atoms with Gasteiger partial charge in [-0.05, 0) is 60.1 Å². The van der Waals surface area contributed by atoms with Crippen molar-refractivity contribution >= 4 is 27.7 Å². The number of ether oxygens (including phenoxy) is 1. The van der Waals surface area contributed by atoms with Crippen LogP contribution in [0.5, 0.6) is 5.75 Å². The second-order valence-corrected chi connectivity index (χ2v) is 9.09. The van der Waals surface area contributed by atoms with Crippen LogP contribution in [0.1, 0.15) is 35.5 Å². The number of rotatable bonds is 8. The Kier molecular flexibility index (Phi) is 7.71. The van der Waals surface area contributed by atoms with Crippen LogP contribution in [-0.4, -0.2) is 21.9 Å². The molecular formula is C24H23BrF2N4O4. The maximum atomic E-state index is 14.0. The molecule has 5 N–H and O–H groups in total. The Labute approximate surface area is 208 Å². The Bertz CT molecular complexity index is 1350. The molecule has 0 saturated carbocycles. The molecule has 3 aromatic rings. The summed E-state index contributed by atoms with van der Waals surface area (Å²) in [6.45, 7) is 2.65. The first-order chi connectivity index (χ1) is 16.4. The summed E-state index contributed by atoms with van der Waals surface area (Å²) in [5, 5.41) is 2.66. The smallest absolute Gasteiger partial charge is 0.273 e.